The van der Waals surface area contributed by atoms with Crippen LogP contribution in [-0.2, 0) is 37.8 Å². The van der Waals surface area contributed by atoms with E-state index in [2.05, 4.69) is 38.3 Å². The number of aliphatic hydroxyl groups excluding tert-OH is 1. The van der Waals surface area contributed by atoms with E-state index >= 15 is 4.79 Å². The summed E-state index contributed by atoms with van der Waals surface area (Å²) in [6, 6.07) is 33.4. The van der Waals surface area contributed by atoms with Crippen LogP contribution in [0.15, 0.2) is 108 Å². The number of carbonyl (C=O) groups excluding carboxylic acids is 3. The van der Waals surface area contributed by atoms with Gasteiger partial charge in [-0.05, 0) is 92.6 Å². The van der Waals surface area contributed by atoms with E-state index in [4.69, 9.17) is 4.74 Å². The molecule has 2 spiro atoms. The zero-order valence-electron chi connectivity index (χ0n) is 33.3. The maximum absolute atomic E-state index is 15.1. The molecule has 4 aliphatic heterocycles. The minimum Gasteiger partial charge on any atom is -0.432 e. The third-order valence-electron chi connectivity index (χ3n) is 12.8. The Balaban J connectivity index is 1.06. The lowest BCUT2D eigenvalue weighted by Crippen LogP contribution is -2.55. The lowest BCUT2D eigenvalue weighted by Gasteiger charge is -2.39. The SMILES string of the molecule is C[C@@H]1[C@@H]([Si](C)(C)O)[C@H](CC(=O)N(CCO)Cc2ccccc2)O[C@@]12C(=O)N(Cc1ccc(N3CN(c4ccccc4)C4(CCNCC4)C3=O)cc1)c1ccc(Br)cc12. The average molecular weight is 867 g/mol. The maximum Gasteiger partial charge on any atom is 0.264 e. The highest BCUT2D eigenvalue weighted by Crippen LogP contribution is 2.60. The van der Waals surface area contributed by atoms with Crippen LogP contribution in [0.2, 0.25) is 18.6 Å². The number of para-hydroxylation sites is 1. The molecular weight excluding hydrogens is 815 g/mol. The molecule has 0 saturated carbocycles. The first-order valence-electron chi connectivity index (χ1n) is 20.3. The molecule has 58 heavy (non-hydrogen) atoms. The van der Waals surface area contributed by atoms with Crippen molar-refractivity contribution in [3.63, 3.8) is 0 Å². The average Bonchev–Trinajstić information content (AvgIpc) is 3.76. The van der Waals surface area contributed by atoms with Gasteiger partial charge in [-0.1, -0.05) is 83.5 Å². The molecule has 0 bridgehead atoms. The lowest BCUT2D eigenvalue weighted by molar-refractivity contribution is -0.150. The minimum atomic E-state index is -3.03. The second-order valence-electron chi connectivity index (χ2n) is 16.7. The second-order valence-corrected chi connectivity index (χ2v) is 21.6. The summed E-state index contributed by atoms with van der Waals surface area (Å²) in [6.45, 7) is 8.23. The van der Waals surface area contributed by atoms with Crippen molar-refractivity contribution in [2.75, 3.05) is 47.6 Å². The highest BCUT2D eigenvalue weighted by molar-refractivity contribution is 9.10. The Bertz CT molecular complexity index is 2150. The van der Waals surface area contributed by atoms with Gasteiger partial charge in [-0.25, -0.2) is 0 Å². The fourth-order valence-electron chi connectivity index (χ4n) is 10.1. The number of hydrogen-bond acceptors (Lipinski definition) is 8. The molecule has 4 aliphatic rings. The van der Waals surface area contributed by atoms with Gasteiger partial charge >= 0.3 is 0 Å². The predicted octanol–water partition coefficient (Wildman–Crippen LogP) is 6.14. The molecule has 0 unspecified atom stereocenters. The summed E-state index contributed by atoms with van der Waals surface area (Å²) in [7, 11) is -3.03. The lowest BCUT2D eigenvalue weighted by atomic mass is 9.82. The quantitative estimate of drug-likeness (QED) is 0.154. The van der Waals surface area contributed by atoms with Gasteiger partial charge in [0.15, 0.2) is 13.9 Å². The number of ether oxygens (including phenoxy) is 1. The molecule has 4 atom stereocenters. The number of fused-ring (bicyclic) bond motifs is 2. The minimum absolute atomic E-state index is 0.0343. The van der Waals surface area contributed by atoms with Crippen LogP contribution in [0, 0.1) is 5.92 Å². The molecule has 13 heteroatoms. The third-order valence-corrected chi connectivity index (χ3v) is 15.8. The van der Waals surface area contributed by atoms with Crippen LogP contribution in [0.25, 0.3) is 0 Å². The van der Waals surface area contributed by atoms with E-state index in [1.54, 1.807) is 9.80 Å². The Morgan fingerprint density at radius 1 is 0.914 bits per heavy atom. The van der Waals surface area contributed by atoms with Gasteiger partial charge < -0.3 is 34.7 Å². The van der Waals surface area contributed by atoms with Crippen LogP contribution in [0.1, 0.15) is 42.9 Å². The van der Waals surface area contributed by atoms with Crippen molar-refractivity contribution in [2.45, 2.75) is 75.2 Å². The number of hydrogen-bond donors (Lipinski definition) is 3. The van der Waals surface area contributed by atoms with Crippen molar-refractivity contribution in [1.29, 1.82) is 0 Å². The van der Waals surface area contributed by atoms with E-state index in [9.17, 15) is 19.5 Å². The van der Waals surface area contributed by atoms with Crippen LogP contribution in [0.4, 0.5) is 17.1 Å². The third kappa shape index (κ3) is 7.09. The van der Waals surface area contributed by atoms with Crippen molar-refractivity contribution >= 4 is 59.0 Å². The largest absolute Gasteiger partial charge is 0.432 e. The van der Waals surface area contributed by atoms with E-state index in [-0.39, 0.29) is 43.8 Å². The number of benzene rings is 4. The molecule has 4 aromatic rings. The van der Waals surface area contributed by atoms with Gasteiger partial charge in [0, 0.05) is 46.0 Å². The molecule has 11 nitrogen and oxygen atoms in total. The van der Waals surface area contributed by atoms with E-state index < -0.39 is 37.0 Å². The van der Waals surface area contributed by atoms with E-state index in [0.717, 1.165) is 58.6 Å². The first-order valence-corrected chi connectivity index (χ1v) is 24.1. The number of aliphatic hydroxyl groups is 1. The summed E-state index contributed by atoms with van der Waals surface area (Å²) < 4.78 is 7.76. The summed E-state index contributed by atoms with van der Waals surface area (Å²) in [5.41, 5.74) is 2.63. The van der Waals surface area contributed by atoms with Gasteiger partial charge in [-0.15, -0.1) is 0 Å². The van der Waals surface area contributed by atoms with Crippen LogP contribution in [-0.4, -0.2) is 85.4 Å². The van der Waals surface area contributed by atoms with Crippen molar-refractivity contribution in [1.82, 2.24) is 10.2 Å². The fourth-order valence-corrected chi connectivity index (χ4v) is 13.0. The predicted molar refractivity (Wildman–Crippen MR) is 231 cm³/mol. The normalized spacial score (nSPS) is 24.0. The van der Waals surface area contributed by atoms with Crippen molar-refractivity contribution in [2.24, 2.45) is 5.92 Å². The maximum atomic E-state index is 15.1. The Labute approximate surface area is 349 Å². The molecule has 4 heterocycles. The summed E-state index contributed by atoms with van der Waals surface area (Å²) in [5, 5.41) is 13.3. The van der Waals surface area contributed by atoms with Crippen molar-refractivity contribution in [3.05, 3.63) is 124 Å². The van der Waals surface area contributed by atoms with Gasteiger partial charge in [-0.3, -0.25) is 19.3 Å². The first kappa shape index (κ1) is 40.4. The summed E-state index contributed by atoms with van der Waals surface area (Å²) in [4.78, 5) is 62.7. The monoisotopic (exact) mass is 865 g/mol. The van der Waals surface area contributed by atoms with Crippen LogP contribution >= 0.6 is 15.9 Å². The molecular formula is C45H52BrN5O6Si. The Hall–Kier alpha value is -4.37. The molecule has 0 aliphatic carbocycles. The number of piperidine rings is 1. The number of nitrogens with zero attached hydrogens (tertiary/aromatic N) is 4. The van der Waals surface area contributed by atoms with Crippen LogP contribution in [0.5, 0.6) is 0 Å². The number of amides is 3. The standard InChI is InChI=1S/C45H52BrN5O6Si/c1-31-41(58(2,3)56)39(27-40(53)48(24-25-52)28-32-10-6-4-7-11-32)57-45(31)37-26-34(46)16-19-38(37)49(43(45)55)29-33-14-17-35(18-15-33)50-30-51(36-12-8-5-9-13-36)44(42(50)54)20-22-47-23-21-44/h4-19,26,31,39,41,47,52,56H,20-25,27-30H2,1-3H3/t31-,39+,41-,45+/m1/s1. The molecule has 3 amide bonds. The molecule has 0 radical (unpaired) electrons. The highest BCUT2D eigenvalue weighted by Gasteiger charge is 2.66. The zero-order valence-corrected chi connectivity index (χ0v) is 35.9. The molecule has 3 saturated heterocycles. The molecule has 304 valence electrons. The Morgan fingerprint density at radius 3 is 2.24 bits per heavy atom. The first-order chi connectivity index (χ1) is 27.9. The van der Waals surface area contributed by atoms with E-state index in [1.165, 1.54) is 0 Å². The van der Waals surface area contributed by atoms with Crippen molar-refractivity contribution < 1.29 is 29.0 Å². The molecule has 8 rings (SSSR count). The van der Waals surface area contributed by atoms with Gasteiger partial charge in [0.25, 0.3) is 11.8 Å². The van der Waals surface area contributed by atoms with Gasteiger partial charge in [0.1, 0.15) is 5.54 Å². The number of anilines is 3. The summed E-state index contributed by atoms with van der Waals surface area (Å²) in [6.07, 6.45) is 0.695. The second kappa shape index (κ2) is 16.0. The molecule has 0 aromatic heterocycles. The van der Waals surface area contributed by atoms with E-state index in [0.29, 0.717) is 18.8 Å². The van der Waals surface area contributed by atoms with E-state index in [1.807, 2.05) is 116 Å². The summed E-state index contributed by atoms with van der Waals surface area (Å²) >= 11 is 3.64. The number of nitrogens with one attached hydrogen (secondary N) is 1. The highest BCUT2D eigenvalue weighted by atomic mass is 79.9. The van der Waals surface area contributed by atoms with Crippen molar-refractivity contribution in [3.8, 4) is 0 Å². The van der Waals surface area contributed by atoms with Crippen LogP contribution in [0.3, 0.4) is 0 Å². The Morgan fingerprint density at radius 2 is 1.59 bits per heavy atom. The number of carbonyl (C=O) groups is 3. The van der Waals surface area contributed by atoms with Crippen LogP contribution < -0.4 is 20.0 Å². The molecule has 4 aromatic carbocycles. The fraction of sp³-hybridized carbons (Fsp3) is 0.400. The number of halogens is 1. The molecule has 3 fully saturated rings. The Kier molecular flexibility index (Phi) is 11.1. The topological polar surface area (TPSA) is 126 Å². The zero-order chi connectivity index (χ0) is 40.8. The van der Waals surface area contributed by atoms with Gasteiger partial charge in [0.2, 0.25) is 5.91 Å². The van der Waals surface area contributed by atoms with Gasteiger partial charge in [0.05, 0.1) is 38.0 Å². The smallest absolute Gasteiger partial charge is 0.264 e. The summed E-state index contributed by atoms with van der Waals surface area (Å²) in [5.74, 6) is -0.775. The number of rotatable bonds is 11. The van der Waals surface area contributed by atoms with Gasteiger partial charge in [-0.2, -0.15) is 0 Å². The molecule has 3 N–H and O–H groups in total.